The van der Waals surface area contributed by atoms with Gasteiger partial charge in [0.2, 0.25) is 0 Å². The Hall–Kier alpha value is -1.39. The standard InChI is InChI=1S/C18H26N2O2/c21-18(22)14-20(16-9-10-16)13-17-8-4-5-11-19(17)12-15-6-2-1-3-7-15/h1-3,6-7,16-17H,4-5,8-14H2,(H,21,22). The lowest BCUT2D eigenvalue weighted by atomic mass is 10.0. The molecule has 1 heterocycles. The summed E-state index contributed by atoms with van der Waals surface area (Å²) in [7, 11) is 0. The van der Waals surface area contributed by atoms with Crippen molar-refractivity contribution in [2.75, 3.05) is 19.6 Å². The zero-order valence-corrected chi connectivity index (χ0v) is 13.2. The quantitative estimate of drug-likeness (QED) is 0.841. The third-order valence-corrected chi connectivity index (χ3v) is 4.82. The Balaban J connectivity index is 1.62. The van der Waals surface area contributed by atoms with Crippen LogP contribution in [0.4, 0.5) is 0 Å². The fourth-order valence-corrected chi connectivity index (χ4v) is 3.52. The minimum absolute atomic E-state index is 0.195. The Morgan fingerprint density at radius 2 is 1.95 bits per heavy atom. The van der Waals surface area contributed by atoms with Crippen molar-refractivity contribution in [1.82, 2.24) is 9.80 Å². The molecule has 0 spiro atoms. The highest BCUT2D eigenvalue weighted by Crippen LogP contribution is 2.29. The smallest absolute Gasteiger partial charge is 0.317 e. The Labute approximate surface area is 132 Å². The molecule has 1 aliphatic heterocycles. The summed E-state index contributed by atoms with van der Waals surface area (Å²) in [5.74, 6) is -0.697. The summed E-state index contributed by atoms with van der Waals surface area (Å²) in [6, 6.07) is 11.6. The predicted octanol–water partition coefficient (Wildman–Crippen LogP) is 2.59. The fourth-order valence-electron chi connectivity index (χ4n) is 3.52. The summed E-state index contributed by atoms with van der Waals surface area (Å²) < 4.78 is 0. The van der Waals surface area contributed by atoms with E-state index < -0.39 is 5.97 Å². The molecule has 0 amide bonds. The van der Waals surface area contributed by atoms with Gasteiger partial charge in [0.1, 0.15) is 0 Å². The number of piperidine rings is 1. The van der Waals surface area contributed by atoms with E-state index in [1.165, 1.54) is 37.7 Å². The van der Waals surface area contributed by atoms with E-state index in [0.717, 1.165) is 19.6 Å². The van der Waals surface area contributed by atoms with Gasteiger partial charge in [0, 0.05) is 25.2 Å². The van der Waals surface area contributed by atoms with E-state index in [1.54, 1.807) is 0 Å². The average Bonchev–Trinajstić information content (AvgIpc) is 3.34. The number of rotatable bonds is 7. The molecule has 1 N–H and O–H groups in total. The molecular formula is C18H26N2O2. The molecule has 120 valence electrons. The molecule has 1 saturated carbocycles. The first-order chi connectivity index (χ1) is 10.7. The zero-order chi connectivity index (χ0) is 15.4. The second-order valence-corrected chi connectivity index (χ2v) is 6.66. The van der Waals surface area contributed by atoms with E-state index in [0.29, 0.717) is 12.1 Å². The summed E-state index contributed by atoms with van der Waals surface area (Å²) in [4.78, 5) is 15.8. The van der Waals surface area contributed by atoms with Gasteiger partial charge in [-0.05, 0) is 37.8 Å². The second kappa shape index (κ2) is 7.25. The van der Waals surface area contributed by atoms with Gasteiger partial charge in [-0.2, -0.15) is 0 Å². The molecule has 0 bridgehead atoms. The van der Waals surface area contributed by atoms with Gasteiger partial charge in [0.15, 0.2) is 0 Å². The maximum absolute atomic E-state index is 11.1. The van der Waals surface area contributed by atoms with Crippen molar-refractivity contribution in [3.63, 3.8) is 0 Å². The minimum Gasteiger partial charge on any atom is -0.480 e. The molecule has 22 heavy (non-hydrogen) atoms. The van der Waals surface area contributed by atoms with Gasteiger partial charge < -0.3 is 5.11 Å². The van der Waals surface area contributed by atoms with Crippen molar-refractivity contribution in [3.05, 3.63) is 35.9 Å². The van der Waals surface area contributed by atoms with E-state index in [1.807, 2.05) is 0 Å². The summed E-state index contributed by atoms with van der Waals surface area (Å²) in [5, 5.41) is 9.14. The van der Waals surface area contributed by atoms with E-state index in [2.05, 4.69) is 40.1 Å². The topological polar surface area (TPSA) is 43.8 Å². The molecule has 1 saturated heterocycles. The molecule has 0 radical (unpaired) electrons. The third-order valence-electron chi connectivity index (χ3n) is 4.82. The van der Waals surface area contributed by atoms with Crippen LogP contribution in [0.25, 0.3) is 0 Å². The third kappa shape index (κ3) is 4.31. The molecule has 1 unspecified atom stereocenters. The Morgan fingerprint density at radius 3 is 2.64 bits per heavy atom. The molecule has 0 aromatic heterocycles. The number of carbonyl (C=O) groups is 1. The normalized spacial score (nSPS) is 22.9. The number of carboxylic acid groups (broad SMARTS) is 1. The van der Waals surface area contributed by atoms with Crippen molar-refractivity contribution in [3.8, 4) is 0 Å². The van der Waals surface area contributed by atoms with Gasteiger partial charge >= 0.3 is 5.97 Å². The highest BCUT2D eigenvalue weighted by molar-refractivity contribution is 5.69. The first-order valence-electron chi connectivity index (χ1n) is 8.46. The monoisotopic (exact) mass is 302 g/mol. The maximum atomic E-state index is 11.1. The van der Waals surface area contributed by atoms with Crippen LogP contribution >= 0.6 is 0 Å². The number of benzene rings is 1. The lowest BCUT2D eigenvalue weighted by Gasteiger charge is -2.38. The SMILES string of the molecule is O=C(O)CN(CC1CCCCN1Cc1ccccc1)C1CC1. The van der Waals surface area contributed by atoms with Crippen LogP contribution in [0, 0.1) is 0 Å². The summed E-state index contributed by atoms with van der Waals surface area (Å²) >= 11 is 0. The van der Waals surface area contributed by atoms with Crippen LogP contribution in [0.2, 0.25) is 0 Å². The highest BCUT2D eigenvalue weighted by atomic mass is 16.4. The van der Waals surface area contributed by atoms with Crippen LogP contribution in [0.15, 0.2) is 30.3 Å². The van der Waals surface area contributed by atoms with E-state index in [9.17, 15) is 4.79 Å². The van der Waals surface area contributed by atoms with Crippen LogP contribution < -0.4 is 0 Å². The summed E-state index contributed by atoms with van der Waals surface area (Å²) in [6.07, 6.45) is 6.04. The molecule has 4 nitrogen and oxygen atoms in total. The number of aliphatic carboxylic acids is 1. The molecule has 1 atom stereocenters. The van der Waals surface area contributed by atoms with Crippen LogP contribution in [0.3, 0.4) is 0 Å². The summed E-state index contributed by atoms with van der Waals surface area (Å²) in [5.41, 5.74) is 1.35. The maximum Gasteiger partial charge on any atom is 0.317 e. The number of carboxylic acids is 1. The molecule has 4 heteroatoms. The number of hydrogen-bond donors (Lipinski definition) is 1. The van der Waals surface area contributed by atoms with Crippen LogP contribution in [-0.4, -0.2) is 52.6 Å². The predicted molar refractivity (Wildman–Crippen MR) is 86.7 cm³/mol. The molecule has 1 aromatic rings. The van der Waals surface area contributed by atoms with Gasteiger partial charge in [0.25, 0.3) is 0 Å². The van der Waals surface area contributed by atoms with Crippen LogP contribution in [0.1, 0.15) is 37.7 Å². The molecule has 2 fully saturated rings. The zero-order valence-electron chi connectivity index (χ0n) is 13.2. The number of nitrogens with zero attached hydrogens (tertiary/aromatic N) is 2. The first kappa shape index (κ1) is 15.5. The fraction of sp³-hybridized carbons (Fsp3) is 0.611. The van der Waals surface area contributed by atoms with Crippen LogP contribution in [0.5, 0.6) is 0 Å². The van der Waals surface area contributed by atoms with Gasteiger partial charge in [-0.25, -0.2) is 0 Å². The highest BCUT2D eigenvalue weighted by Gasteiger charge is 2.33. The number of hydrogen-bond acceptors (Lipinski definition) is 3. The molecule has 2 aliphatic rings. The van der Waals surface area contributed by atoms with Crippen LogP contribution in [-0.2, 0) is 11.3 Å². The van der Waals surface area contributed by atoms with Gasteiger partial charge in [0.05, 0.1) is 6.54 Å². The summed E-state index contributed by atoms with van der Waals surface area (Å²) in [6.45, 7) is 3.21. The lowest BCUT2D eigenvalue weighted by molar-refractivity contribution is -0.138. The van der Waals surface area contributed by atoms with Crippen molar-refractivity contribution in [2.24, 2.45) is 0 Å². The van der Waals surface area contributed by atoms with Gasteiger partial charge in [-0.3, -0.25) is 14.6 Å². The van der Waals surface area contributed by atoms with Crippen molar-refractivity contribution in [2.45, 2.75) is 50.7 Å². The van der Waals surface area contributed by atoms with Gasteiger partial charge in [-0.1, -0.05) is 36.8 Å². The minimum atomic E-state index is -0.697. The van der Waals surface area contributed by atoms with Gasteiger partial charge in [-0.15, -0.1) is 0 Å². The van der Waals surface area contributed by atoms with Crippen molar-refractivity contribution < 1.29 is 9.90 Å². The van der Waals surface area contributed by atoms with Crippen molar-refractivity contribution >= 4 is 5.97 Å². The second-order valence-electron chi connectivity index (χ2n) is 6.66. The van der Waals surface area contributed by atoms with E-state index >= 15 is 0 Å². The molecule has 1 aliphatic carbocycles. The molecule has 1 aromatic carbocycles. The Bertz CT molecular complexity index is 487. The first-order valence-corrected chi connectivity index (χ1v) is 8.46. The number of likely N-dealkylation sites (tertiary alicyclic amines) is 1. The average molecular weight is 302 g/mol. The lowest BCUT2D eigenvalue weighted by Crippen LogP contribution is -2.48. The van der Waals surface area contributed by atoms with E-state index in [4.69, 9.17) is 5.11 Å². The van der Waals surface area contributed by atoms with E-state index in [-0.39, 0.29) is 6.54 Å². The Kier molecular flexibility index (Phi) is 5.11. The molecular weight excluding hydrogens is 276 g/mol. The molecule has 3 rings (SSSR count). The Morgan fingerprint density at radius 1 is 1.18 bits per heavy atom. The van der Waals surface area contributed by atoms with Crippen molar-refractivity contribution in [1.29, 1.82) is 0 Å². The largest absolute Gasteiger partial charge is 0.480 e.